The summed E-state index contributed by atoms with van der Waals surface area (Å²) in [7, 11) is 0. The van der Waals surface area contributed by atoms with Gasteiger partial charge in [0.1, 0.15) is 0 Å². The molecule has 2 heterocycles. The summed E-state index contributed by atoms with van der Waals surface area (Å²) in [5, 5.41) is 17.6. The van der Waals surface area contributed by atoms with Crippen LogP contribution in [0, 0.1) is 17.0 Å². The monoisotopic (exact) mass is 463 g/mol. The molecule has 30 heavy (non-hydrogen) atoms. The van der Waals surface area contributed by atoms with Crippen LogP contribution >= 0.6 is 34.4 Å². The minimum Gasteiger partial charge on any atom is -0.452 e. The first kappa shape index (κ1) is 21.9. The molecule has 0 fully saturated rings. The Balaban J connectivity index is 1.63. The van der Waals surface area contributed by atoms with E-state index < -0.39 is 23.4 Å². The van der Waals surface area contributed by atoms with Crippen LogP contribution < -0.4 is 5.32 Å². The molecule has 0 saturated heterocycles. The van der Waals surface area contributed by atoms with Gasteiger partial charge in [0.15, 0.2) is 10.9 Å². The highest BCUT2D eigenvalue weighted by atomic mass is 32.2. The Hall–Kier alpha value is -2.76. The summed E-state index contributed by atoms with van der Waals surface area (Å²) in [6.45, 7) is 1.81. The third-order valence-electron chi connectivity index (χ3n) is 3.80. The summed E-state index contributed by atoms with van der Waals surface area (Å²) in [6, 6.07) is 7.86. The maximum absolute atomic E-state index is 12.5. The minimum atomic E-state index is -0.803. The van der Waals surface area contributed by atoms with Gasteiger partial charge in [-0.2, -0.15) is 0 Å². The zero-order valence-electron chi connectivity index (χ0n) is 15.8. The number of thiazole rings is 1. The summed E-state index contributed by atoms with van der Waals surface area (Å²) in [4.78, 5) is 41.0. The molecule has 1 amide bonds. The molecule has 156 valence electrons. The molecule has 11 heteroatoms. The topological polar surface area (TPSA) is 111 Å². The number of nitro benzene ring substituents is 1. The lowest BCUT2D eigenvalue weighted by molar-refractivity contribution is -0.384. The Morgan fingerprint density at radius 2 is 2.13 bits per heavy atom. The number of amides is 1. The quantitative estimate of drug-likeness (QED) is 0.289. The molecule has 0 atom stereocenters. The average Bonchev–Trinajstić information content (AvgIpc) is 3.38. The normalized spacial score (nSPS) is 10.6. The summed E-state index contributed by atoms with van der Waals surface area (Å²) < 4.78 is 5.79. The number of aromatic nitrogens is 1. The number of nitrogens with zero attached hydrogens (tertiary/aromatic N) is 2. The number of nitrogens with one attached hydrogen (secondary N) is 1. The summed E-state index contributed by atoms with van der Waals surface area (Å²) in [5.74, 6) is -1.24. The van der Waals surface area contributed by atoms with Crippen molar-refractivity contribution in [3.63, 3.8) is 0 Å². The summed E-state index contributed by atoms with van der Waals surface area (Å²) >= 11 is 4.22. The van der Waals surface area contributed by atoms with Gasteiger partial charge in [0.05, 0.1) is 10.5 Å². The van der Waals surface area contributed by atoms with Gasteiger partial charge < -0.3 is 10.1 Å². The number of aryl methyl sites for hydroxylation is 1. The number of carbonyl (C=O) groups excluding carboxylic acids is 2. The first-order valence-corrected chi connectivity index (χ1v) is 11.3. The van der Waals surface area contributed by atoms with Crippen LogP contribution in [0.1, 0.15) is 20.9 Å². The first-order valence-electron chi connectivity index (χ1n) is 8.77. The van der Waals surface area contributed by atoms with Crippen molar-refractivity contribution in [2.45, 2.75) is 22.6 Å². The number of benzene rings is 1. The van der Waals surface area contributed by atoms with E-state index in [1.807, 2.05) is 29.8 Å². The Kier molecular flexibility index (Phi) is 7.55. The van der Waals surface area contributed by atoms with Crippen molar-refractivity contribution in [3.8, 4) is 0 Å². The Bertz CT molecular complexity index is 1050. The first-order chi connectivity index (χ1) is 14.4. The van der Waals surface area contributed by atoms with E-state index >= 15 is 0 Å². The second-order valence-corrected chi connectivity index (χ2v) is 9.23. The van der Waals surface area contributed by atoms with Crippen molar-refractivity contribution in [1.29, 1.82) is 0 Å². The van der Waals surface area contributed by atoms with Gasteiger partial charge in [-0.05, 0) is 30.9 Å². The van der Waals surface area contributed by atoms with E-state index in [4.69, 9.17) is 4.74 Å². The molecule has 3 aromatic rings. The fourth-order valence-electron chi connectivity index (χ4n) is 2.39. The van der Waals surface area contributed by atoms with Crippen molar-refractivity contribution in [1.82, 2.24) is 10.3 Å². The lowest BCUT2D eigenvalue weighted by atomic mass is 10.2. The van der Waals surface area contributed by atoms with Crippen molar-refractivity contribution in [2.75, 3.05) is 13.2 Å². The average molecular weight is 464 g/mol. The molecule has 0 spiro atoms. The fourth-order valence-corrected chi connectivity index (χ4v) is 5.00. The fraction of sp³-hybridized carbons (Fsp3) is 0.211. The number of ether oxygens (including phenoxy) is 1. The van der Waals surface area contributed by atoms with Crippen molar-refractivity contribution >= 4 is 52.0 Å². The van der Waals surface area contributed by atoms with E-state index in [1.165, 1.54) is 35.2 Å². The number of hydrogen-bond acceptors (Lipinski definition) is 9. The number of non-ortho nitro benzene ring substituents is 1. The predicted octanol–water partition coefficient (Wildman–Crippen LogP) is 4.09. The van der Waals surface area contributed by atoms with Crippen molar-refractivity contribution < 1.29 is 19.2 Å². The van der Waals surface area contributed by atoms with Crippen LogP contribution in [0.15, 0.2) is 50.3 Å². The van der Waals surface area contributed by atoms with Crippen LogP contribution in [0.25, 0.3) is 0 Å². The van der Waals surface area contributed by atoms with E-state index in [9.17, 15) is 19.7 Å². The standard InChI is InChI=1S/C19H17N3O5S3/c1-12-11-29-19(21-12)30-16-5-4-13(22(25)26)9-15(16)18(24)27-10-17(23)20-7-6-14-3-2-8-28-14/h2-5,8-9,11H,6-7,10H2,1H3,(H,20,23). The number of rotatable bonds is 9. The third-order valence-corrected chi connectivity index (χ3v) is 6.87. The molecule has 1 aromatic carbocycles. The van der Waals surface area contributed by atoms with Gasteiger partial charge in [-0.1, -0.05) is 17.8 Å². The molecular weight excluding hydrogens is 446 g/mol. The molecule has 8 nitrogen and oxygen atoms in total. The van der Waals surface area contributed by atoms with Crippen LogP contribution in [0.2, 0.25) is 0 Å². The predicted molar refractivity (Wildman–Crippen MR) is 115 cm³/mol. The molecule has 2 aromatic heterocycles. The number of esters is 1. The Labute approximate surface area is 184 Å². The summed E-state index contributed by atoms with van der Waals surface area (Å²) in [5.41, 5.74) is 0.628. The van der Waals surface area contributed by atoms with Crippen molar-refractivity contribution in [2.24, 2.45) is 0 Å². The van der Waals surface area contributed by atoms with E-state index in [2.05, 4.69) is 10.3 Å². The molecule has 1 N–H and O–H groups in total. The van der Waals surface area contributed by atoms with Crippen molar-refractivity contribution in [3.05, 3.63) is 67.3 Å². The zero-order chi connectivity index (χ0) is 21.5. The van der Waals surface area contributed by atoms with Crippen LogP contribution in [-0.4, -0.2) is 34.9 Å². The van der Waals surface area contributed by atoms with E-state index in [0.717, 1.165) is 16.6 Å². The number of carbonyl (C=O) groups is 2. The van der Waals surface area contributed by atoms with E-state index in [0.29, 0.717) is 22.2 Å². The molecule has 0 radical (unpaired) electrons. The third kappa shape index (κ3) is 6.12. The molecule has 0 aliphatic carbocycles. The highest BCUT2D eigenvalue weighted by Crippen LogP contribution is 2.34. The van der Waals surface area contributed by atoms with Gasteiger partial charge in [0, 0.05) is 39.5 Å². The smallest absolute Gasteiger partial charge is 0.340 e. The highest BCUT2D eigenvalue weighted by Gasteiger charge is 2.20. The lowest BCUT2D eigenvalue weighted by Gasteiger charge is -2.09. The summed E-state index contributed by atoms with van der Waals surface area (Å²) in [6.07, 6.45) is 0.691. The van der Waals surface area contributed by atoms with Crippen LogP contribution in [-0.2, 0) is 16.0 Å². The Morgan fingerprint density at radius 1 is 1.30 bits per heavy atom. The zero-order valence-corrected chi connectivity index (χ0v) is 18.3. The van der Waals surface area contributed by atoms with Gasteiger partial charge in [-0.15, -0.1) is 22.7 Å². The van der Waals surface area contributed by atoms with E-state index in [-0.39, 0.29) is 11.3 Å². The van der Waals surface area contributed by atoms with E-state index in [1.54, 1.807) is 11.3 Å². The van der Waals surface area contributed by atoms with Gasteiger partial charge in [0.2, 0.25) is 0 Å². The molecular formula is C19H17N3O5S3. The van der Waals surface area contributed by atoms with Gasteiger partial charge in [0.25, 0.3) is 11.6 Å². The molecule has 0 saturated carbocycles. The van der Waals surface area contributed by atoms with Crippen LogP contribution in [0.4, 0.5) is 5.69 Å². The SMILES string of the molecule is Cc1csc(Sc2ccc([N+](=O)[O-])cc2C(=O)OCC(=O)NCCc2cccs2)n1. The number of thiophene rings is 1. The maximum Gasteiger partial charge on any atom is 0.340 e. The van der Waals surface area contributed by atoms with Gasteiger partial charge in [-0.25, -0.2) is 9.78 Å². The van der Waals surface area contributed by atoms with Crippen LogP contribution in [0.3, 0.4) is 0 Å². The molecule has 0 bridgehead atoms. The maximum atomic E-state index is 12.5. The van der Waals surface area contributed by atoms with Gasteiger partial charge in [-0.3, -0.25) is 14.9 Å². The molecule has 0 unspecified atom stereocenters. The number of nitro groups is 1. The molecule has 3 rings (SSSR count). The Morgan fingerprint density at radius 3 is 2.80 bits per heavy atom. The van der Waals surface area contributed by atoms with Gasteiger partial charge >= 0.3 is 5.97 Å². The second-order valence-electron chi connectivity index (χ2n) is 6.05. The largest absolute Gasteiger partial charge is 0.452 e. The van der Waals surface area contributed by atoms with Crippen LogP contribution in [0.5, 0.6) is 0 Å². The lowest BCUT2D eigenvalue weighted by Crippen LogP contribution is -2.30. The molecule has 0 aliphatic heterocycles. The second kappa shape index (κ2) is 10.3. The minimum absolute atomic E-state index is 0.0217. The highest BCUT2D eigenvalue weighted by molar-refractivity contribution is 8.01. The molecule has 0 aliphatic rings. The number of hydrogen-bond donors (Lipinski definition) is 1.